The molecule has 0 aromatic heterocycles. The van der Waals surface area contributed by atoms with Crippen LogP contribution in [0.1, 0.15) is 41.9 Å². The summed E-state index contributed by atoms with van der Waals surface area (Å²) in [4.78, 5) is 0. The average molecular weight is 419 g/mol. The summed E-state index contributed by atoms with van der Waals surface area (Å²) in [6.45, 7) is 0. The predicted molar refractivity (Wildman–Crippen MR) is 121 cm³/mol. The molecule has 0 N–H and O–H groups in total. The number of aryl methyl sites for hydroxylation is 1. The molecular weight excluding hydrogens is 395 g/mol. The SMILES string of the molecule is COc1ccc(CCC2C=c3cc(Cl)ccc3=c3ccc4c(c32)CCCC=4)cc1F. The lowest BCUT2D eigenvalue weighted by Crippen LogP contribution is -2.22. The highest BCUT2D eigenvalue weighted by molar-refractivity contribution is 6.30. The summed E-state index contributed by atoms with van der Waals surface area (Å²) in [5.41, 5.74) is 3.94. The number of hydrogen-bond acceptors (Lipinski definition) is 1. The molecule has 5 rings (SSSR count). The summed E-state index contributed by atoms with van der Waals surface area (Å²) in [5.74, 6) is 0.284. The summed E-state index contributed by atoms with van der Waals surface area (Å²) >= 11 is 6.31. The standard InChI is InChI=1S/C27H24ClFO/c1-30-26-13-7-17(14-25(26)29)6-8-19-15-20-16-21(28)10-12-22(20)24-11-9-18-4-2-3-5-23(18)27(19)24/h4,7,9-16,19H,2-3,5-6,8H2,1H3. The first-order chi connectivity index (χ1) is 14.6. The fourth-order valence-corrected chi connectivity index (χ4v) is 5.16. The van der Waals surface area contributed by atoms with Gasteiger partial charge in [0.05, 0.1) is 7.11 Å². The van der Waals surface area contributed by atoms with Crippen molar-refractivity contribution in [2.45, 2.75) is 38.0 Å². The Kier molecular flexibility index (Phi) is 5.12. The smallest absolute Gasteiger partial charge is 0.165 e. The molecule has 152 valence electrons. The molecule has 0 saturated carbocycles. The highest BCUT2D eigenvalue weighted by Crippen LogP contribution is 2.31. The number of ether oxygens (including phenoxy) is 1. The van der Waals surface area contributed by atoms with E-state index in [0.717, 1.165) is 36.3 Å². The van der Waals surface area contributed by atoms with Crippen molar-refractivity contribution in [2.24, 2.45) is 0 Å². The molecule has 1 atom stereocenters. The lowest BCUT2D eigenvalue weighted by Gasteiger charge is -2.24. The molecule has 0 bridgehead atoms. The van der Waals surface area contributed by atoms with Crippen LogP contribution in [0, 0.1) is 16.3 Å². The lowest BCUT2D eigenvalue weighted by atomic mass is 9.80. The molecule has 3 aromatic rings. The monoisotopic (exact) mass is 418 g/mol. The molecule has 0 spiro atoms. The third-order valence-electron chi connectivity index (χ3n) is 6.40. The van der Waals surface area contributed by atoms with Crippen LogP contribution in [0.5, 0.6) is 5.75 Å². The molecule has 0 saturated heterocycles. The predicted octanol–water partition coefficient (Wildman–Crippen LogP) is 5.40. The second-order valence-electron chi connectivity index (χ2n) is 8.20. The van der Waals surface area contributed by atoms with Crippen LogP contribution in [-0.2, 0) is 12.8 Å². The van der Waals surface area contributed by atoms with E-state index in [1.807, 2.05) is 12.1 Å². The van der Waals surface area contributed by atoms with Crippen LogP contribution in [0.15, 0.2) is 48.5 Å². The van der Waals surface area contributed by atoms with Crippen molar-refractivity contribution < 1.29 is 9.13 Å². The largest absolute Gasteiger partial charge is 0.494 e. The third kappa shape index (κ3) is 3.44. The van der Waals surface area contributed by atoms with E-state index < -0.39 is 0 Å². The minimum Gasteiger partial charge on any atom is -0.494 e. The first kappa shape index (κ1) is 19.4. The van der Waals surface area contributed by atoms with E-state index in [2.05, 4.69) is 36.4 Å². The van der Waals surface area contributed by atoms with E-state index in [0.29, 0.717) is 5.75 Å². The number of halogens is 2. The third-order valence-corrected chi connectivity index (χ3v) is 6.64. The minimum absolute atomic E-state index is 0.289. The molecule has 0 aliphatic heterocycles. The maximum Gasteiger partial charge on any atom is 0.165 e. The fraction of sp³-hybridized carbons (Fsp3) is 0.259. The van der Waals surface area contributed by atoms with Gasteiger partial charge in [-0.1, -0.05) is 48.0 Å². The van der Waals surface area contributed by atoms with Crippen LogP contribution in [0.3, 0.4) is 0 Å². The molecule has 2 aliphatic rings. The normalized spacial score (nSPS) is 16.6. The first-order valence-electron chi connectivity index (χ1n) is 10.6. The summed E-state index contributed by atoms with van der Waals surface area (Å²) in [5, 5.41) is 5.92. The van der Waals surface area contributed by atoms with Gasteiger partial charge < -0.3 is 4.74 Å². The number of fused-ring (bicyclic) bond motifs is 4. The van der Waals surface area contributed by atoms with Crippen LogP contribution in [-0.4, -0.2) is 7.11 Å². The molecule has 0 heterocycles. The highest BCUT2D eigenvalue weighted by atomic mass is 35.5. The Hall–Kier alpha value is -2.58. The van der Waals surface area contributed by atoms with Crippen molar-refractivity contribution in [2.75, 3.05) is 7.11 Å². The van der Waals surface area contributed by atoms with Gasteiger partial charge in [0.1, 0.15) is 0 Å². The zero-order chi connectivity index (χ0) is 20.7. The van der Waals surface area contributed by atoms with Gasteiger partial charge in [0.2, 0.25) is 0 Å². The van der Waals surface area contributed by atoms with Crippen molar-refractivity contribution >= 4 is 23.8 Å². The van der Waals surface area contributed by atoms with Gasteiger partial charge in [-0.2, -0.15) is 0 Å². The van der Waals surface area contributed by atoms with Crippen LogP contribution in [0.25, 0.3) is 12.2 Å². The van der Waals surface area contributed by atoms with Crippen molar-refractivity contribution in [3.63, 3.8) is 0 Å². The highest BCUT2D eigenvalue weighted by Gasteiger charge is 2.20. The van der Waals surface area contributed by atoms with Crippen molar-refractivity contribution in [3.8, 4) is 5.75 Å². The number of benzene rings is 3. The molecule has 0 radical (unpaired) electrons. The van der Waals surface area contributed by atoms with Gasteiger partial charge in [0.25, 0.3) is 0 Å². The van der Waals surface area contributed by atoms with Gasteiger partial charge >= 0.3 is 0 Å². The Bertz CT molecular complexity index is 1340. The molecule has 1 unspecified atom stereocenters. The van der Waals surface area contributed by atoms with Gasteiger partial charge in [-0.25, -0.2) is 4.39 Å². The molecule has 2 aliphatic carbocycles. The lowest BCUT2D eigenvalue weighted by molar-refractivity contribution is 0.386. The molecular formula is C27H24ClFO. The first-order valence-corrected chi connectivity index (χ1v) is 11.0. The van der Waals surface area contributed by atoms with Crippen LogP contribution in [0.4, 0.5) is 4.39 Å². The van der Waals surface area contributed by atoms with Gasteiger partial charge in [-0.15, -0.1) is 0 Å². The quantitative estimate of drug-likeness (QED) is 0.551. The Labute approximate surface area is 180 Å². The van der Waals surface area contributed by atoms with Crippen LogP contribution in [0.2, 0.25) is 5.02 Å². The second kappa shape index (κ2) is 7.92. The Morgan fingerprint density at radius 3 is 2.73 bits per heavy atom. The van der Waals surface area contributed by atoms with E-state index in [1.165, 1.54) is 45.5 Å². The summed E-state index contributed by atoms with van der Waals surface area (Å²) in [6.07, 6.45) is 9.95. The zero-order valence-corrected chi connectivity index (χ0v) is 17.8. The van der Waals surface area contributed by atoms with E-state index in [1.54, 1.807) is 12.1 Å². The molecule has 0 amide bonds. The van der Waals surface area contributed by atoms with E-state index in [9.17, 15) is 4.39 Å². The van der Waals surface area contributed by atoms with Crippen LogP contribution < -0.4 is 15.2 Å². The van der Waals surface area contributed by atoms with Crippen LogP contribution >= 0.6 is 11.6 Å². The zero-order valence-electron chi connectivity index (χ0n) is 17.1. The maximum atomic E-state index is 14.2. The Morgan fingerprint density at radius 1 is 1.03 bits per heavy atom. The van der Waals surface area contributed by atoms with Gasteiger partial charge in [-0.3, -0.25) is 0 Å². The number of methoxy groups -OCH3 is 1. The van der Waals surface area contributed by atoms with Crippen molar-refractivity contribution in [1.29, 1.82) is 0 Å². The van der Waals surface area contributed by atoms with Gasteiger partial charge in [0.15, 0.2) is 11.6 Å². The molecule has 1 nitrogen and oxygen atoms in total. The maximum absolute atomic E-state index is 14.2. The summed E-state index contributed by atoms with van der Waals surface area (Å²) in [7, 11) is 1.49. The molecule has 3 heteroatoms. The molecule has 30 heavy (non-hydrogen) atoms. The summed E-state index contributed by atoms with van der Waals surface area (Å²) < 4.78 is 19.2. The fourth-order valence-electron chi connectivity index (χ4n) is 4.98. The number of rotatable bonds is 4. The average Bonchev–Trinajstić information content (AvgIpc) is 2.76. The van der Waals surface area contributed by atoms with E-state index in [4.69, 9.17) is 16.3 Å². The summed E-state index contributed by atoms with van der Waals surface area (Å²) in [6, 6.07) is 16.0. The number of hydrogen-bond donors (Lipinski definition) is 0. The second-order valence-corrected chi connectivity index (χ2v) is 8.64. The topological polar surface area (TPSA) is 9.23 Å². The van der Waals surface area contributed by atoms with Gasteiger partial charge in [-0.05, 0) is 93.9 Å². The minimum atomic E-state index is -0.299. The Morgan fingerprint density at radius 2 is 1.90 bits per heavy atom. The van der Waals surface area contributed by atoms with Gasteiger partial charge in [0, 0.05) is 10.9 Å². The Balaban J connectivity index is 1.61. The van der Waals surface area contributed by atoms with Crippen molar-refractivity contribution in [1.82, 2.24) is 0 Å². The molecule has 3 aromatic carbocycles. The molecule has 0 fully saturated rings. The van der Waals surface area contributed by atoms with E-state index in [-0.39, 0.29) is 11.7 Å². The van der Waals surface area contributed by atoms with Crippen molar-refractivity contribution in [3.05, 3.63) is 96.9 Å². The van der Waals surface area contributed by atoms with E-state index >= 15 is 0 Å².